The second-order valence-corrected chi connectivity index (χ2v) is 2.81. The van der Waals surface area contributed by atoms with Crippen LogP contribution >= 0.6 is 0 Å². The molecule has 0 radical (unpaired) electrons. The Labute approximate surface area is 86.2 Å². The fraction of sp³-hybridized carbons (Fsp3) is 0.300. The molecule has 1 rings (SSSR count). The van der Waals surface area contributed by atoms with Gasteiger partial charge in [0.05, 0.1) is 14.2 Å². The SMILES string of the molecule is COC(=O)C(O)c1cc(F)ccc1OC. The summed E-state index contributed by atoms with van der Waals surface area (Å²) in [6.45, 7) is 0. The van der Waals surface area contributed by atoms with E-state index in [-0.39, 0.29) is 11.3 Å². The minimum atomic E-state index is -1.54. The molecule has 0 saturated heterocycles. The molecule has 1 N–H and O–H groups in total. The van der Waals surface area contributed by atoms with Crippen LogP contribution in [0.25, 0.3) is 0 Å². The van der Waals surface area contributed by atoms with Gasteiger partial charge in [-0.2, -0.15) is 0 Å². The van der Waals surface area contributed by atoms with Gasteiger partial charge in [0.2, 0.25) is 0 Å². The van der Waals surface area contributed by atoms with Gasteiger partial charge in [0.15, 0.2) is 6.10 Å². The quantitative estimate of drug-likeness (QED) is 0.764. The van der Waals surface area contributed by atoms with Crippen molar-refractivity contribution in [3.63, 3.8) is 0 Å². The highest BCUT2D eigenvalue weighted by Crippen LogP contribution is 2.26. The van der Waals surface area contributed by atoms with Crippen molar-refractivity contribution in [1.29, 1.82) is 0 Å². The Hall–Kier alpha value is -1.62. The van der Waals surface area contributed by atoms with E-state index in [2.05, 4.69) is 4.74 Å². The van der Waals surface area contributed by atoms with E-state index >= 15 is 0 Å². The van der Waals surface area contributed by atoms with Gasteiger partial charge in [-0.05, 0) is 18.2 Å². The normalized spacial score (nSPS) is 12.0. The maximum absolute atomic E-state index is 12.9. The standard InChI is InChI=1S/C10H11FO4/c1-14-8-4-3-6(11)5-7(8)9(12)10(13)15-2/h3-5,9,12H,1-2H3. The molecular weight excluding hydrogens is 203 g/mol. The first kappa shape index (κ1) is 11.5. The molecule has 0 aliphatic heterocycles. The number of hydrogen-bond acceptors (Lipinski definition) is 4. The van der Waals surface area contributed by atoms with Crippen LogP contribution in [0, 0.1) is 5.82 Å². The van der Waals surface area contributed by atoms with Crippen LogP contribution in [0.3, 0.4) is 0 Å². The number of benzene rings is 1. The van der Waals surface area contributed by atoms with Gasteiger partial charge >= 0.3 is 5.97 Å². The second kappa shape index (κ2) is 4.75. The average molecular weight is 214 g/mol. The van der Waals surface area contributed by atoms with Crippen molar-refractivity contribution in [2.45, 2.75) is 6.10 Å². The highest BCUT2D eigenvalue weighted by molar-refractivity contribution is 5.77. The molecule has 1 unspecified atom stereocenters. The fourth-order valence-electron chi connectivity index (χ4n) is 1.16. The predicted molar refractivity (Wildman–Crippen MR) is 49.9 cm³/mol. The Kier molecular flexibility index (Phi) is 3.62. The van der Waals surface area contributed by atoms with Gasteiger partial charge in [0, 0.05) is 5.56 Å². The molecule has 0 fully saturated rings. The molecule has 0 spiro atoms. The molecule has 0 heterocycles. The van der Waals surface area contributed by atoms with E-state index in [1.165, 1.54) is 19.2 Å². The van der Waals surface area contributed by atoms with E-state index in [1.54, 1.807) is 0 Å². The fourth-order valence-corrected chi connectivity index (χ4v) is 1.16. The predicted octanol–water partition coefficient (Wildman–Crippen LogP) is 1.04. The first-order chi connectivity index (χ1) is 7.10. The van der Waals surface area contributed by atoms with Crippen molar-refractivity contribution in [2.24, 2.45) is 0 Å². The molecular formula is C10H11FO4. The molecule has 0 aliphatic carbocycles. The van der Waals surface area contributed by atoms with E-state index in [0.29, 0.717) is 0 Å². The van der Waals surface area contributed by atoms with Crippen molar-refractivity contribution in [1.82, 2.24) is 0 Å². The maximum atomic E-state index is 12.9. The molecule has 5 heteroatoms. The van der Waals surface area contributed by atoms with Gasteiger partial charge < -0.3 is 14.6 Å². The highest BCUT2D eigenvalue weighted by Gasteiger charge is 2.22. The molecule has 15 heavy (non-hydrogen) atoms. The molecule has 1 aromatic rings. The average Bonchev–Trinajstić information content (AvgIpc) is 2.27. The molecule has 0 saturated carbocycles. The smallest absolute Gasteiger partial charge is 0.339 e. The van der Waals surface area contributed by atoms with Crippen LogP contribution < -0.4 is 4.74 Å². The topological polar surface area (TPSA) is 55.8 Å². The summed E-state index contributed by atoms with van der Waals surface area (Å²) in [7, 11) is 2.50. The van der Waals surface area contributed by atoms with Crippen molar-refractivity contribution < 1.29 is 23.8 Å². The number of halogens is 1. The number of esters is 1. The lowest BCUT2D eigenvalue weighted by Crippen LogP contribution is -2.14. The third-order valence-corrected chi connectivity index (χ3v) is 1.91. The van der Waals surface area contributed by atoms with Crippen LogP contribution in [0.1, 0.15) is 11.7 Å². The van der Waals surface area contributed by atoms with Crippen LogP contribution in [-0.4, -0.2) is 25.3 Å². The lowest BCUT2D eigenvalue weighted by Gasteiger charge is -2.12. The summed E-state index contributed by atoms with van der Waals surface area (Å²) < 4.78 is 22.1. The maximum Gasteiger partial charge on any atom is 0.339 e. The molecule has 0 bridgehead atoms. The number of rotatable bonds is 3. The van der Waals surface area contributed by atoms with E-state index < -0.39 is 17.9 Å². The summed E-state index contributed by atoms with van der Waals surface area (Å²) in [5.41, 5.74) is 0.0457. The van der Waals surface area contributed by atoms with Gasteiger partial charge in [0.25, 0.3) is 0 Å². The van der Waals surface area contributed by atoms with Crippen molar-refractivity contribution in [3.05, 3.63) is 29.6 Å². The monoisotopic (exact) mass is 214 g/mol. The minimum Gasteiger partial charge on any atom is -0.496 e. The zero-order valence-electron chi connectivity index (χ0n) is 8.36. The van der Waals surface area contributed by atoms with E-state index in [4.69, 9.17) is 4.74 Å². The molecule has 0 aliphatic rings. The molecule has 4 nitrogen and oxygen atoms in total. The number of aliphatic hydroxyl groups excluding tert-OH is 1. The lowest BCUT2D eigenvalue weighted by molar-refractivity contribution is -0.150. The van der Waals surface area contributed by atoms with Gasteiger partial charge in [-0.3, -0.25) is 0 Å². The number of ether oxygens (including phenoxy) is 2. The Morgan fingerprint density at radius 2 is 2.13 bits per heavy atom. The van der Waals surface area contributed by atoms with Gasteiger partial charge in [-0.1, -0.05) is 0 Å². The van der Waals surface area contributed by atoms with Gasteiger partial charge in [0.1, 0.15) is 11.6 Å². The summed E-state index contributed by atoms with van der Waals surface area (Å²) in [5, 5.41) is 9.50. The Balaban J connectivity index is 3.10. The van der Waals surface area contributed by atoms with Crippen LogP contribution in [0.2, 0.25) is 0 Å². The number of hydrogen-bond donors (Lipinski definition) is 1. The molecule has 0 amide bonds. The van der Waals surface area contributed by atoms with Crippen molar-refractivity contribution in [3.8, 4) is 5.75 Å². The summed E-state index contributed by atoms with van der Waals surface area (Å²) in [4.78, 5) is 11.0. The Morgan fingerprint density at radius 1 is 1.47 bits per heavy atom. The van der Waals surface area contributed by atoms with E-state index in [0.717, 1.165) is 13.2 Å². The molecule has 82 valence electrons. The first-order valence-electron chi connectivity index (χ1n) is 4.19. The van der Waals surface area contributed by atoms with E-state index in [9.17, 15) is 14.3 Å². The van der Waals surface area contributed by atoms with Crippen LogP contribution in [-0.2, 0) is 9.53 Å². The van der Waals surface area contributed by atoms with Gasteiger partial charge in [-0.15, -0.1) is 0 Å². The number of carbonyl (C=O) groups excluding carboxylic acids is 1. The Bertz CT molecular complexity index is 364. The molecule has 1 aromatic carbocycles. The summed E-state index contributed by atoms with van der Waals surface area (Å²) >= 11 is 0. The highest BCUT2D eigenvalue weighted by atomic mass is 19.1. The van der Waals surface area contributed by atoms with Crippen LogP contribution in [0.5, 0.6) is 5.75 Å². The molecule has 1 atom stereocenters. The minimum absolute atomic E-state index is 0.0457. The third kappa shape index (κ3) is 2.44. The summed E-state index contributed by atoms with van der Waals surface area (Å²) in [5.74, 6) is -1.19. The second-order valence-electron chi connectivity index (χ2n) is 2.81. The number of aliphatic hydroxyl groups is 1. The number of methoxy groups -OCH3 is 2. The summed E-state index contributed by atoms with van der Waals surface area (Å²) in [6.07, 6.45) is -1.54. The number of carbonyl (C=O) groups is 1. The van der Waals surface area contributed by atoms with Crippen molar-refractivity contribution >= 4 is 5.97 Å². The zero-order valence-corrected chi connectivity index (χ0v) is 8.36. The largest absolute Gasteiger partial charge is 0.496 e. The zero-order chi connectivity index (χ0) is 11.4. The van der Waals surface area contributed by atoms with Crippen molar-refractivity contribution in [2.75, 3.05) is 14.2 Å². The Morgan fingerprint density at radius 3 is 2.67 bits per heavy atom. The summed E-state index contributed by atoms with van der Waals surface area (Å²) in [6, 6.07) is 3.53. The first-order valence-corrected chi connectivity index (χ1v) is 4.19. The van der Waals surface area contributed by atoms with Crippen LogP contribution in [0.15, 0.2) is 18.2 Å². The molecule has 0 aromatic heterocycles. The third-order valence-electron chi connectivity index (χ3n) is 1.91. The lowest BCUT2D eigenvalue weighted by atomic mass is 10.1. The van der Waals surface area contributed by atoms with E-state index in [1.807, 2.05) is 0 Å². The van der Waals surface area contributed by atoms with Crippen LogP contribution in [0.4, 0.5) is 4.39 Å². The van der Waals surface area contributed by atoms with Gasteiger partial charge in [-0.25, -0.2) is 9.18 Å².